The molecule has 0 heterocycles. The number of nitrogens with two attached hydrogens (primary N) is 1. The van der Waals surface area contributed by atoms with Gasteiger partial charge in [-0.2, -0.15) is 0 Å². The molecule has 0 aliphatic heterocycles. The SMILES string of the molecule is CCN(CC(=O)NC(C)C)C(=O)N[C@@H](CC(N)=O)C(=O)O. The normalized spacial score (nSPS) is 11.6. The van der Waals surface area contributed by atoms with Gasteiger partial charge in [-0.15, -0.1) is 0 Å². The Bertz CT molecular complexity index is 410. The van der Waals surface area contributed by atoms with Gasteiger partial charge in [-0.05, 0) is 20.8 Å². The van der Waals surface area contributed by atoms with Crippen molar-refractivity contribution < 1.29 is 24.3 Å². The minimum absolute atomic E-state index is 0.0686. The Balaban J connectivity index is 4.65. The second kappa shape index (κ2) is 8.77. The van der Waals surface area contributed by atoms with Gasteiger partial charge < -0.3 is 26.4 Å². The molecule has 21 heavy (non-hydrogen) atoms. The van der Waals surface area contributed by atoms with E-state index in [9.17, 15) is 19.2 Å². The summed E-state index contributed by atoms with van der Waals surface area (Å²) < 4.78 is 0. The van der Waals surface area contributed by atoms with E-state index >= 15 is 0 Å². The first-order valence-electron chi connectivity index (χ1n) is 6.53. The molecule has 9 heteroatoms. The number of amides is 4. The quantitative estimate of drug-likeness (QED) is 0.449. The Morgan fingerprint density at radius 1 is 1.19 bits per heavy atom. The molecule has 0 radical (unpaired) electrons. The maximum Gasteiger partial charge on any atom is 0.326 e. The van der Waals surface area contributed by atoms with Gasteiger partial charge in [0.2, 0.25) is 11.8 Å². The molecular weight excluding hydrogens is 280 g/mol. The lowest BCUT2D eigenvalue weighted by atomic mass is 10.2. The van der Waals surface area contributed by atoms with E-state index < -0.39 is 30.4 Å². The predicted molar refractivity (Wildman–Crippen MR) is 74.3 cm³/mol. The molecule has 0 aromatic carbocycles. The summed E-state index contributed by atoms with van der Waals surface area (Å²) in [7, 11) is 0. The summed E-state index contributed by atoms with van der Waals surface area (Å²) in [6.45, 7) is 5.21. The van der Waals surface area contributed by atoms with E-state index in [4.69, 9.17) is 10.8 Å². The maximum atomic E-state index is 11.9. The fourth-order valence-electron chi connectivity index (χ4n) is 1.51. The summed E-state index contributed by atoms with van der Waals surface area (Å²) in [5, 5.41) is 13.7. The van der Waals surface area contributed by atoms with E-state index in [-0.39, 0.29) is 25.0 Å². The van der Waals surface area contributed by atoms with Crippen molar-refractivity contribution in [2.24, 2.45) is 5.73 Å². The van der Waals surface area contributed by atoms with E-state index in [1.807, 2.05) is 0 Å². The number of hydrogen-bond acceptors (Lipinski definition) is 4. The highest BCUT2D eigenvalue weighted by atomic mass is 16.4. The van der Waals surface area contributed by atoms with Crippen molar-refractivity contribution in [2.75, 3.05) is 13.1 Å². The van der Waals surface area contributed by atoms with Crippen LogP contribution in [0.2, 0.25) is 0 Å². The molecule has 0 unspecified atom stereocenters. The number of carboxylic acid groups (broad SMARTS) is 1. The second-order valence-corrected chi connectivity index (χ2v) is 4.75. The molecule has 0 rings (SSSR count). The number of nitrogens with one attached hydrogen (secondary N) is 2. The first-order valence-corrected chi connectivity index (χ1v) is 6.53. The first kappa shape index (κ1) is 18.7. The fraction of sp³-hybridized carbons (Fsp3) is 0.667. The molecule has 0 fully saturated rings. The van der Waals surface area contributed by atoms with E-state index in [0.717, 1.165) is 4.90 Å². The first-order chi connectivity index (χ1) is 9.67. The van der Waals surface area contributed by atoms with Crippen LogP contribution in [0.3, 0.4) is 0 Å². The van der Waals surface area contributed by atoms with Crippen LogP contribution in [-0.4, -0.2) is 59.0 Å². The molecular formula is C12H22N4O5. The zero-order chi connectivity index (χ0) is 16.6. The van der Waals surface area contributed by atoms with Crippen LogP contribution >= 0.6 is 0 Å². The van der Waals surface area contributed by atoms with Gasteiger partial charge in [0.1, 0.15) is 12.6 Å². The molecule has 0 bridgehead atoms. The van der Waals surface area contributed by atoms with Gasteiger partial charge in [-0.1, -0.05) is 0 Å². The van der Waals surface area contributed by atoms with E-state index in [1.165, 1.54) is 0 Å². The number of likely N-dealkylation sites (N-methyl/N-ethyl adjacent to an activating group) is 1. The molecule has 0 spiro atoms. The van der Waals surface area contributed by atoms with Gasteiger partial charge in [0, 0.05) is 12.6 Å². The summed E-state index contributed by atoms with van der Waals surface area (Å²) in [5.74, 6) is -2.57. The van der Waals surface area contributed by atoms with E-state index in [0.29, 0.717) is 0 Å². The van der Waals surface area contributed by atoms with E-state index in [2.05, 4.69) is 10.6 Å². The van der Waals surface area contributed by atoms with Crippen LogP contribution in [0.15, 0.2) is 0 Å². The number of primary amides is 1. The maximum absolute atomic E-state index is 11.9. The van der Waals surface area contributed by atoms with Crippen LogP contribution in [0.5, 0.6) is 0 Å². The van der Waals surface area contributed by atoms with Crippen molar-refractivity contribution in [2.45, 2.75) is 39.3 Å². The van der Waals surface area contributed by atoms with Gasteiger partial charge in [0.15, 0.2) is 0 Å². The van der Waals surface area contributed by atoms with Crippen LogP contribution in [0.1, 0.15) is 27.2 Å². The zero-order valence-electron chi connectivity index (χ0n) is 12.4. The largest absolute Gasteiger partial charge is 0.480 e. The molecule has 9 nitrogen and oxygen atoms in total. The van der Waals surface area contributed by atoms with Gasteiger partial charge in [0.05, 0.1) is 6.42 Å². The molecule has 4 amide bonds. The summed E-state index contributed by atoms with van der Waals surface area (Å²) in [4.78, 5) is 46.3. The number of nitrogens with zero attached hydrogens (tertiary/aromatic N) is 1. The van der Waals surface area contributed by atoms with Crippen LogP contribution in [0.25, 0.3) is 0 Å². The lowest BCUT2D eigenvalue weighted by molar-refractivity contribution is -0.140. The van der Waals surface area contributed by atoms with Crippen molar-refractivity contribution in [1.82, 2.24) is 15.5 Å². The van der Waals surface area contributed by atoms with Crippen molar-refractivity contribution in [3.8, 4) is 0 Å². The van der Waals surface area contributed by atoms with Crippen LogP contribution < -0.4 is 16.4 Å². The van der Waals surface area contributed by atoms with Crippen LogP contribution in [0.4, 0.5) is 4.79 Å². The predicted octanol–water partition coefficient (Wildman–Crippen LogP) is -1.13. The van der Waals surface area contributed by atoms with Gasteiger partial charge in [-0.25, -0.2) is 9.59 Å². The Morgan fingerprint density at radius 2 is 1.76 bits per heavy atom. The molecule has 1 atom stereocenters. The second-order valence-electron chi connectivity index (χ2n) is 4.75. The smallest absolute Gasteiger partial charge is 0.326 e. The highest BCUT2D eigenvalue weighted by molar-refractivity contribution is 5.89. The fourth-order valence-corrected chi connectivity index (χ4v) is 1.51. The van der Waals surface area contributed by atoms with Gasteiger partial charge in [0.25, 0.3) is 0 Å². The minimum Gasteiger partial charge on any atom is -0.480 e. The monoisotopic (exact) mass is 302 g/mol. The van der Waals surface area contributed by atoms with Crippen molar-refractivity contribution in [1.29, 1.82) is 0 Å². The highest BCUT2D eigenvalue weighted by Crippen LogP contribution is 1.96. The van der Waals surface area contributed by atoms with Crippen LogP contribution in [-0.2, 0) is 14.4 Å². The molecule has 5 N–H and O–H groups in total. The Morgan fingerprint density at radius 3 is 2.14 bits per heavy atom. The van der Waals surface area contributed by atoms with Gasteiger partial charge >= 0.3 is 12.0 Å². The zero-order valence-corrected chi connectivity index (χ0v) is 12.4. The Kier molecular flexibility index (Phi) is 7.80. The van der Waals surface area contributed by atoms with Crippen molar-refractivity contribution in [3.63, 3.8) is 0 Å². The standard InChI is InChI=1S/C12H22N4O5/c1-4-16(6-10(18)14-7(2)3)12(21)15-8(11(19)20)5-9(13)17/h7-8H,4-6H2,1-3H3,(H2,13,17)(H,14,18)(H,15,21)(H,19,20)/t8-/m0/s1. The minimum atomic E-state index is -1.42. The number of urea groups is 1. The number of rotatable bonds is 8. The third-order valence-corrected chi connectivity index (χ3v) is 2.45. The number of aliphatic carboxylic acids is 1. The molecule has 0 aromatic heterocycles. The third kappa shape index (κ3) is 7.75. The number of hydrogen-bond donors (Lipinski definition) is 4. The highest BCUT2D eigenvalue weighted by Gasteiger charge is 2.25. The molecule has 120 valence electrons. The summed E-state index contributed by atoms with van der Waals surface area (Å²) in [5.41, 5.74) is 4.92. The Labute approximate surface area is 122 Å². The number of carbonyl (C=O) groups excluding carboxylic acids is 3. The molecule has 0 saturated heterocycles. The van der Waals surface area contributed by atoms with Gasteiger partial charge in [-0.3, -0.25) is 9.59 Å². The molecule has 0 aromatic rings. The van der Waals surface area contributed by atoms with Crippen LogP contribution in [0, 0.1) is 0 Å². The average Bonchev–Trinajstić information content (AvgIpc) is 2.33. The van der Waals surface area contributed by atoms with Crippen molar-refractivity contribution in [3.05, 3.63) is 0 Å². The number of carbonyl (C=O) groups is 4. The lowest BCUT2D eigenvalue weighted by Gasteiger charge is -2.23. The summed E-state index contributed by atoms with van der Waals surface area (Å²) in [6.07, 6.45) is -0.517. The molecule has 0 saturated carbocycles. The summed E-state index contributed by atoms with van der Waals surface area (Å²) in [6, 6.07) is -2.23. The molecule has 0 aliphatic carbocycles. The topological polar surface area (TPSA) is 142 Å². The molecule has 0 aliphatic rings. The van der Waals surface area contributed by atoms with E-state index in [1.54, 1.807) is 20.8 Å². The van der Waals surface area contributed by atoms with Crippen molar-refractivity contribution >= 4 is 23.8 Å². The number of carboxylic acids is 1. The Hall–Kier alpha value is -2.32. The average molecular weight is 302 g/mol. The third-order valence-electron chi connectivity index (χ3n) is 2.45. The summed E-state index contributed by atoms with van der Waals surface area (Å²) >= 11 is 0. The lowest BCUT2D eigenvalue weighted by Crippen LogP contribution is -2.51.